The molecule has 2 N–H and O–H groups in total. The zero-order valence-electron chi connectivity index (χ0n) is 14.9. The highest BCUT2D eigenvalue weighted by Crippen LogP contribution is 2.32. The fourth-order valence-corrected chi connectivity index (χ4v) is 2.89. The molecular weight excluding hydrogens is 272 g/mol. The van der Waals surface area contributed by atoms with Gasteiger partial charge in [0.25, 0.3) is 0 Å². The lowest BCUT2D eigenvalue weighted by Crippen LogP contribution is -2.35. The van der Waals surface area contributed by atoms with E-state index in [1.165, 1.54) is 11.1 Å². The Labute approximate surface area is 136 Å². The van der Waals surface area contributed by atoms with Gasteiger partial charge in [0, 0.05) is 0 Å². The highest BCUT2D eigenvalue weighted by atomic mass is 16.3. The number of rotatable bonds is 1. The molecule has 1 rings (SSSR count). The van der Waals surface area contributed by atoms with Crippen LogP contribution < -0.4 is 0 Å². The van der Waals surface area contributed by atoms with Gasteiger partial charge in [-0.15, -0.1) is 0 Å². The first-order valence-electron chi connectivity index (χ1n) is 8.64. The largest absolute Gasteiger partial charge is 0.390 e. The van der Waals surface area contributed by atoms with Crippen molar-refractivity contribution in [2.75, 3.05) is 0 Å². The first kappa shape index (κ1) is 19.2. The van der Waals surface area contributed by atoms with Crippen molar-refractivity contribution < 1.29 is 10.2 Å². The van der Waals surface area contributed by atoms with Crippen molar-refractivity contribution in [3.63, 3.8) is 0 Å². The summed E-state index contributed by atoms with van der Waals surface area (Å²) in [6, 6.07) is 0. The average molecular weight is 306 g/mol. The van der Waals surface area contributed by atoms with E-state index in [-0.39, 0.29) is 5.92 Å². The minimum atomic E-state index is -0.673. The van der Waals surface area contributed by atoms with Crippen LogP contribution in [0.5, 0.6) is 0 Å². The third-order valence-electron chi connectivity index (χ3n) is 5.10. The summed E-state index contributed by atoms with van der Waals surface area (Å²) >= 11 is 0. The first-order chi connectivity index (χ1) is 10.2. The van der Waals surface area contributed by atoms with Crippen LogP contribution in [0.15, 0.2) is 35.5 Å². The van der Waals surface area contributed by atoms with Gasteiger partial charge in [0.05, 0.1) is 11.7 Å². The van der Waals surface area contributed by atoms with E-state index in [4.69, 9.17) is 0 Å². The van der Waals surface area contributed by atoms with Crippen LogP contribution in [0.25, 0.3) is 0 Å². The second-order valence-electron chi connectivity index (χ2n) is 7.31. The van der Waals surface area contributed by atoms with Gasteiger partial charge in [-0.25, -0.2) is 0 Å². The zero-order valence-corrected chi connectivity index (χ0v) is 14.9. The monoisotopic (exact) mass is 306 g/mol. The molecule has 0 fully saturated rings. The minimum absolute atomic E-state index is 0.209. The topological polar surface area (TPSA) is 40.5 Å². The standard InChI is InChI=1S/C20H34O2/c1-15(2)20(22)13-11-17(4)8-6-7-16(3)9-10-19(21)18(5)12-14-20/h8-9,15,19,21-22H,5-7,10-14H2,1-4H3/b16-9-,17-8-/t19-,20+/m1/s1. The Bertz CT molecular complexity index is 431. The summed E-state index contributed by atoms with van der Waals surface area (Å²) in [7, 11) is 0. The summed E-state index contributed by atoms with van der Waals surface area (Å²) in [5, 5.41) is 21.2. The van der Waals surface area contributed by atoms with Crippen LogP contribution >= 0.6 is 0 Å². The highest BCUT2D eigenvalue weighted by Gasteiger charge is 2.30. The van der Waals surface area contributed by atoms with E-state index in [9.17, 15) is 10.2 Å². The number of aliphatic hydroxyl groups is 2. The third-order valence-corrected chi connectivity index (χ3v) is 5.10. The van der Waals surface area contributed by atoms with Gasteiger partial charge in [0.2, 0.25) is 0 Å². The predicted molar refractivity (Wildman–Crippen MR) is 94.8 cm³/mol. The molecule has 2 nitrogen and oxygen atoms in total. The zero-order chi connectivity index (χ0) is 16.8. The molecule has 0 radical (unpaired) electrons. The normalized spacial score (nSPS) is 34.5. The van der Waals surface area contributed by atoms with Crippen LogP contribution in [-0.2, 0) is 0 Å². The van der Waals surface area contributed by atoms with Crippen LogP contribution in [0.1, 0.15) is 72.6 Å². The molecule has 22 heavy (non-hydrogen) atoms. The second-order valence-corrected chi connectivity index (χ2v) is 7.31. The Kier molecular flexibility index (Phi) is 7.58. The summed E-state index contributed by atoms with van der Waals surface area (Å²) in [5.74, 6) is 0.209. The van der Waals surface area contributed by atoms with Gasteiger partial charge >= 0.3 is 0 Å². The van der Waals surface area contributed by atoms with Crippen molar-refractivity contribution >= 4 is 0 Å². The molecule has 0 saturated heterocycles. The molecule has 1 aliphatic rings. The van der Waals surface area contributed by atoms with Gasteiger partial charge in [-0.1, -0.05) is 43.7 Å². The Balaban J connectivity index is 2.88. The molecule has 0 aromatic heterocycles. The molecule has 0 aliphatic heterocycles. The Morgan fingerprint density at radius 2 is 1.68 bits per heavy atom. The maximum Gasteiger partial charge on any atom is 0.0782 e. The SMILES string of the molecule is C=C1CC[C@](O)(C(C)C)CC/C(C)=C\CC/C(C)=C\C[C@H]1O. The fraction of sp³-hybridized carbons (Fsp3) is 0.700. The summed E-state index contributed by atoms with van der Waals surface area (Å²) in [4.78, 5) is 0. The molecule has 0 aromatic rings. The maximum atomic E-state index is 11.0. The van der Waals surface area contributed by atoms with Crippen molar-refractivity contribution in [2.24, 2.45) is 5.92 Å². The smallest absolute Gasteiger partial charge is 0.0782 e. The van der Waals surface area contributed by atoms with Crippen LogP contribution in [0, 0.1) is 5.92 Å². The van der Waals surface area contributed by atoms with E-state index < -0.39 is 11.7 Å². The summed E-state index contributed by atoms with van der Waals surface area (Å²) in [6.07, 6.45) is 9.70. The van der Waals surface area contributed by atoms with Gasteiger partial charge in [-0.05, 0) is 70.3 Å². The molecule has 0 aromatic carbocycles. The maximum absolute atomic E-state index is 11.0. The molecule has 126 valence electrons. The van der Waals surface area contributed by atoms with Crippen LogP contribution in [-0.4, -0.2) is 21.9 Å². The molecular formula is C20H34O2. The van der Waals surface area contributed by atoms with E-state index in [1.54, 1.807) is 0 Å². The van der Waals surface area contributed by atoms with E-state index in [1.807, 2.05) is 0 Å². The van der Waals surface area contributed by atoms with E-state index in [2.05, 4.69) is 46.4 Å². The molecule has 0 spiro atoms. The Morgan fingerprint density at radius 3 is 2.32 bits per heavy atom. The number of allylic oxidation sites excluding steroid dienone is 3. The molecule has 0 unspecified atom stereocenters. The molecule has 0 saturated carbocycles. The van der Waals surface area contributed by atoms with Crippen LogP contribution in [0.3, 0.4) is 0 Å². The average Bonchev–Trinajstić information content (AvgIpc) is 2.47. The lowest BCUT2D eigenvalue weighted by atomic mass is 9.79. The fourth-order valence-electron chi connectivity index (χ4n) is 2.89. The van der Waals surface area contributed by atoms with Crippen molar-refractivity contribution in [3.8, 4) is 0 Å². The molecule has 2 atom stereocenters. The Hall–Kier alpha value is -0.860. The van der Waals surface area contributed by atoms with Crippen molar-refractivity contribution in [2.45, 2.75) is 84.3 Å². The second kappa shape index (κ2) is 8.69. The molecule has 2 heteroatoms. The summed E-state index contributed by atoms with van der Waals surface area (Å²) in [5.41, 5.74) is 2.86. The van der Waals surface area contributed by atoms with Crippen molar-refractivity contribution in [1.82, 2.24) is 0 Å². The number of hydrogen-bond donors (Lipinski definition) is 2. The lowest BCUT2D eigenvalue weighted by molar-refractivity contribution is -0.0211. The minimum Gasteiger partial charge on any atom is -0.390 e. The number of aliphatic hydroxyl groups excluding tert-OH is 1. The van der Waals surface area contributed by atoms with E-state index in [0.29, 0.717) is 19.3 Å². The van der Waals surface area contributed by atoms with Crippen molar-refractivity contribution in [3.05, 3.63) is 35.5 Å². The predicted octanol–water partition coefficient (Wildman–Crippen LogP) is 4.93. The van der Waals surface area contributed by atoms with Gasteiger partial charge < -0.3 is 10.2 Å². The van der Waals surface area contributed by atoms with Crippen LogP contribution in [0.2, 0.25) is 0 Å². The van der Waals surface area contributed by atoms with E-state index >= 15 is 0 Å². The lowest BCUT2D eigenvalue weighted by Gasteiger charge is -2.33. The van der Waals surface area contributed by atoms with E-state index in [0.717, 1.165) is 31.3 Å². The molecule has 0 heterocycles. The molecule has 0 bridgehead atoms. The Morgan fingerprint density at radius 1 is 1.09 bits per heavy atom. The first-order valence-corrected chi connectivity index (χ1v) is 8.64. The highest BCUT2D eigenvalue weighted by molar-refractivity contribution is 5.10. The third kappa shape index (κ3) is 6.10. The summed E-state index contributed by atoms with van der Waals surface area (Å²) in [6.45, 7) is 12.5. The van der Waals surface area contributed by atoms with Gasteiger partial charge in [0.15, 0.2) is 0 Å². The molecule has 1 aliphatic carbocycles. The molecule has 0 amide bonds. The number of hydrogen-bond acceptors (Lipinski definition) is 2. The quantitative estimate of drug-likeness (QED) is 0.674. The van der Waals surface area contributed by atoms with Gasteiger partial charge in [-0.2, -0.15) is 0 Å². The van der Waals surface area contributed by atoms with Crippen molar-refractivity contribution in [1.29, 1.82) is 0 Å². The van der Waals surface area contributed by atoms with Gasteiger partial charge in [-0.3, -0.25) is 0 Å². The van der Waals surface area contributed by atoms with Crippen LogP contribution in [0.4, 0.5) is 0 Å². The van der Waals surface area contributed by atoms with Gasteiger partial charge in [0.1, 0.15) is 0 Å². The summed E-state index contributed by atoms with van der Waals surface area (Å²) < 4.78 is 0.